The van der Waals surface area contributed by atoms with E-state index in [-0.39, 0.29) is 0 Å². The molecule has 1 aromatic heterocycles. The van der Waals surface area contributed by atoms with Gasteiger partial charge in [0.15, 0.2) is 0 Å². The summed E-state index contributed by atoms with van der Waals surface area (Å²) in [6.07, 6.45) is 5.03. The van der Waals surface area contributed by atoms with Crippen molar-refractivity contribution in [3.63, 3.8) is 0 Å². The van der Waals surface area contributed by atoms with Crippen LogP contribution in [0.1, 0.15) is 31.0 Å². The van der Waals surface area contributed by atoms with E-state index in [0.717, 1.165) is 44.0 Å². The van der Waals surface area contributed by atoms with E-state index in [2.05, 4.69) is 28.7 Å². The van der Waals surface area contributed by atoms with Crippen molar-refractivity contribution in [2.75, 3.05) is 18.0 Å². The Morgan fingerprint density at radius 3 is 2.69 bits per heavy atom. The highest BCUT2D eigenvalue weighted by Crippen LogP contribution is 2.16. The van der Waals surface area contributed by atoms with E-state index in [1.165, 1.54) is 5.56 Å². The van der Waals surface area contributed by atoms with Crippen LogP contribution in [0.25, 0.3) is 0 Å². The van der Waals surface area contributed by atoms with Gasteiger partial charge < -0.3 is 10.6 Å². The molecule has 0 spiro atoms. The van der Waals surface area contributed by atoms with Crippen LogP contribution in [0.15, 0.2) is 6.20 Å². The van der Waals surface area contributed by atoms with E-state index in [9.17, 15) is 0 Å². The normalized spacial score (nSPS) is 17.8. The maximum atomic E-state index is 5.88. The number of anilines is 1. The number of hydrogen-bond donors (Lipinski definition) is 1. The van der Waals surface area contributed by atoms with Crippen molar-refractivity contribution in [3.8, 4) is 0 Å². The number of hydrogen-bond acceptors (Lipinski definition) is 4. The maximum absolute atomic E-state index is 5.88. The molecule has 2 heterocycles. The average Bonchev–Trinajstić information content (AvgIpc) is 2.30. The standard InChI is InChI=1S/C12H20N4/c1-3-10-8-14-12(15-9(10)2)16-6-4-11(13)5-7-16/h8,11H,3-7,13H2,1-2H3. The molecule has 1 aliphatic heterocycles. The molecule has 0 saturated carbocycles. The minimum absolute atomic E-state index is 0.354. The topological polar surface area (TPSA) is 55.0 Å². The van der Waals surface area contributed by atoms with E-state index < -0.39 is 0 Å². The Morgan fingerprint density at radius 1 is 1.44 bits per heavy atom. The molecule has 0 aliphatic carbocycles. The van der Waals surface area contributed by atoms with Gasteiger partial charge in [-0.25, -0.2) is 9.97 Å². The molecule has 1 saturated heterocycles. The van der Waals surface area contributed by atoms with Gasteiger partial charge in [0.2, 0.25) is 5.95 Å². The van der Waals surface area contributed by atoms with Crippen LogP contribution in [0.2, 0.25) is 0 Å². The summed E-state index contributed by atoms with van der Waals surface area (Å²) < 4.78 is 0. The number of piperidine rings is 1. The lowest BCUT2D eigenvalue weighted by molar-refractivity contribution is 0.495. The molecule has 0 aromatic carbocycles. The molecule has 2 N–H and O–H groups in total. The first-order valence-electron chi connectivity index (χ1n) is 6.03. The van der Waals surface area contributed by atoms with E-state index in [1.54, 1.807) is 0 Å². The van der Waals surface area contributed by atoms with Gasteiger partial charge in [-0.1, -0.05) is 6.92 Å². The first-order valence-corrected chi connectivity index (χ1v) is 6.03. The summed E-state index contributed by atoms with van der Waals surface area (Å²) in [5, 5.41) is 0. The lowest BCUT2D eigenvalue weighted by atomic mass is 10.1. The predicted molar refractivity (Wildman–Crippen MR) is 65.6 cm³/mol. The number of rotatable bonds is 2. The minimum atomic E-state index is 0.354. The molecule has 4 nitrogen and oxygen atoms in total. The first-order chi connectivity index (χ1) is 7.70. The van der Waals surface area contributed by atoms with Gasteiger partial charge in [-0.05, 0) is 31.7 Å². The average molecular weight is 220 g/mol. The molecule has 0 amide bonds. The van der Waals surface area contributed by atoms with Crippen molar-refractivity contribution in [2.45, 2.75) is 39.2 Å². The predicted octanol–water partition coefficient (Wildman–Crippen LogP) is 1.27. The third kappa shape index (κ3) is 2.32. The molecular formula is C12H20N4. The second-order valence-corrected chi connectivity index (χ2v) is 4.46. The van der Waals surface area contributed by atoms with Gasteiger partial charge in [-0.15, -0.1) is 0 Å². The third-order valence-electron chi connectivity index (χ3n) is 3.27. The zero-order valence-electron chi connectivity index (χ0n) is 10.1. The fourth-order valence-electron chi connectivity index (χ4n) is 2.08. The first kappa shape index (κ1) is 11.3. The Balaban J connectivity index is 2.12. The van der Waals surface area contributed by atoms with Crippen LogP contribution in [0.5, 0.6) is 0 Å². The maximum Gasteiger partial charge on any atom is 0.225 e. The van der Waals surface area contributed by atoms with Gasteiger partial charge in [0.05, 0.1) is 0 Å². The quantitative estimate of drug-likeness (QED) is 0.815. The summed E-state index contributed by atoms with van der Waals surface area (Å²) in [4.78, 5) is 11.2. The van der Waals surface area contributed by atoms with Crippen LogP contribution in [0.4, 0.5) is 5.95 Å². The highest BCUT2D eigenvalue weighted by Gasteiger charge is 2.18. The van der Waals surface area contributed by atoms with E-state index in [0.29, 0.717) is 6.04 Å². The Morgan fingerprint density at radius 2 is 2.12 bits per heavy atom. The largest absolute Gasteiger partial charge is 0.341 e. The molecule has 0 atom stereocenters. The zero-order valence-corrected chi connectivity index (χ0v) is 10.1. The van der Waals surface area contributed by atoms with Crippen molar-refractivity contribution in [3.05, 3.63) is 17.5 Å². The molecule has 0 bridgehead atoms. The molecule has 1 aromatic rings. The number of aromatic nitrogens is 2. The molecular weight excluding hydrogens is 200 g/mol. The zero-order chi connectivity index (χ0) is 11.5. The number of nitrogens with two attached hydrogens (primary N) is 1. The highest BCUT2D eigenvalue weighted by molar-refractivity contribution is 5.33. The van der Waals surface area contributed by atoms with E-state index in [4.69, 9.17) is 5.73 Å². The Kier molecular flexibility index (Phi) is 3.39. The molecule has 88 valence electrons. The van der Waals surface area contributed by atoms with Crippen molar-refractivity contribution in [1.82, 2.24) is 9.97 Å². The van der Waals surface area contributed by atoms with Crippen LogP contribution in [0, 0.1) is 6.92 Å². The highest BCUT2D eigenvalue weighted by atomic mass is 15.3. The van der Waals surface area contributed by atoms with Gasteiger partial charge in [0, 0.05) is 31.0 Å². The second kappa shape index (κ2) is 4.78. The summed E-state index contributed by atoms with van der Waals surface area (Å²) in [5.41, 5.74) is 8.22. The fraction of sp³-hybridized carbons (Fsp3) is 0.667. The van der Waals surface area contributed by atoms with Crippen molar-refractivity contribution in [1.29, 1.82) is 0 Å². The molecule has 1 fully saturated rings. The summed E-state index contributed by atoms with van der Waals surface area (Å²) in [6, 6.07) is 0.354. The Bertz CT molecular complexity index is 356. The van der Waals surface area contributed by atoms with Crippen molar-refractivity contribution < 1.29 is 0 Å². The minimum Gasteiger partial charge on any atom is -0.341 e. The van der Waals surface area contributed by atoms with Crippen LogP contribution in [0.3, 0.4) is 0 Å². The van der Waals surface area contributed by atoms with Crippen LogP contribution >= 0.6 is 0 Å². The summed E-state index contributed by atoms with van der Waals surface area (Å²) in [6.45, 7) is 6.14. The van der Waals surface area contributed by atoms with Crippen LogP contribution in [-0.2, 0) is 6.42 Å². The molecule has 4 heteroatoms. The SMILES string of the molecule is CCc1cnc(N2CCC(N)CC2)nc1C. The summed E-state index contributed by atoms with van der Waals surface area (Å²) in [5.74, 6) is 0.863. The summed E-state index contributed by atoms with van der Waals surface area (Å²) in [7, 11) is 0. The van der Waals surface area contributed by atoms with Crippen molar-refractivity contribution >= 4 is 5.95 Å². The molecule has 2 rings (SSSR count). The fourth-order valence-corrected chi connectivity index (χ4v) is 2.08. The van der Waals surface area contributed by atoms with E-state index in [1.807, 2.05) is 6.20 Å². The van der Waals surface area contributed by atoms with Gasteiger partial charge >= 0.3 is 0 Å². The lowest BCUT2D eigenvalue weighted by Gasteiger charge is -2.30. The third-order valence-corrected chi connectivity index (χ3v) is 3.27. The van der Waals surface area contributed by atoms with Crippen molar-refractivity contribution in [2.24, 2.45) is 5.73 Å². The lowest BCUT2D eigenvalue weighted by Crippen LogP contribution is -2.40. The van der Waals surface area contributed by atoms with Crippen LogP contribution in [-0.4, -0.2) is 29.1 Å². The van der Waals surface area contributed by atoms with Gasteiger partial charge in [-0.2, -0.15) is 0 Å². The second-order valence-electron chi connectivity index (χ2n) is 4.46. The van der Waals surface area contributed by atoms with Gasteiger partial charge in [0.25, 0.3) is 0 Å². The molecule has 1 aliphatic rings. The number of aryl methyl sites for hydroxylation is 2. The molecule has 0 radical (unpaired) electrons. The van der Waals surface area contributed by atoms with E-state index >= 15 is 0 Å². The molecule has 0 unspecified atom stereocenters. The Labute approximate surface area is 96.9 Å². The van der Waals surface area contributed by atoms with Gasteiger partial charge in [-0.3, -0.25) is 0 Å². The molecule has 16 heavy (non-hydrogen) atoms. The smallest absolute Gasteiger partial charge is 0.225 e. The Hall–Kier alpha value is -1.16. The summed E-state index contributed by atoms with van der Waals surface area (Å²) >= 11 is 0. The monoisotopic (exact) mass is 220 g/mol. The number of nitrogens with zero attached hydrogens (tertiary/aromatic N) is 3. The van der Waals surface area contributed by atoms with Crippen LogP contribution < -0.4 is 10.6 Å². The van der Waals surface area contributed by atoms with Gasteiger partial charge in [0.1, 0.15) is 0 Å².